The van der Waals surface area contributed by atoms with Gasteiger partial charge in [0.25, 0.3) is 0 Å². The molecule has 20 heavy (non-hydrogen) atoms. The second-order valence-electron chi connectivity index (χ2n) is 6.01. The summed E-state index contributed by atoms with van der Waals surface area (Å²) in [5.74, 6) is -0.783. The summed E-state index contributed by atoms with van der Waals surface area (Å²) in [6.07, 6.45) is 3.87. The fourth-order valence-electron chi connectivity index (χ4n) is 3.60. The third-order valence-corrected chi connectivity index (χ3v) is 4.64. The van der Waals surface area contributed by atoms with Crippen molar-refractivity contribution in [3.63, 3.8) is 0 Å². The Morgan fingerprint density at radius 1 is 1.35 bits per heavy atom. The molecule has 0 spiro atoms. The van der Waals surface area contributed by atoms with E-state index >= 15 is 0 Å². The van der Waals surface area contributed by atoms with Crippen LogP contribution in [0.2, 0.25) is 0 Å². The van der Waals surface area contributed by atoms with Gasteiger partial charge in [-0.3, -0.25) is 4.79 Å². The number of aliphatic hydroxyl groups is 1. The molecule has 0 aromatic rings. The van der Waals surface area contributed by atoms with Gasteiger partial charge in [-0.2, -0.15) is 0 Å². The molecule has 5 N–H and O–H groups in total. The summed E-state index contributed by atoms with van der Waals surface area (Å²) in [5, 5.41) is 10.4. The van der Waals surface area contributed by atoms with Gasteiger partial charge >= 0.3 is 5.97 Å². The maximum atomic E-state index is 11.7. The summed E-state index contributed by atoms with van der Waals surface area (Å²) >= 11 is 0. The lowest BCUT2D eigenvalue weighted by Crippen LogP contribution is -2.48. The van der Waals surface area contributed by atoms with Crippen LogP contribution >= 0.6 is 0 Å². The van der Waals surface area contributed by atoms with Crippen LogP contribution in [-0.2, 0) is 9.53 Å². The van der Waals surface area contributed by atoms with E-state index in [9.17, 15) is 9.90 Å². The lowest BCUT2D eigenvalue weighted by atomic mass is 9.80. The molecule has 0 bridgehead atoms. The molecule has 1 aliphatic rings. The fourth-order valence-corrected chi connectivity index (χ4v) is 3.60. The fraction of sp³-hybridized carbons (Fsp3) is 0.933. The number of rotatable bonds is 7. The summed E-state index contributed by atoms with van der Waals surface area (Å²) in [7, 11) is 1.34. The highest BCUT2D eigenvalue weighted by Crippen LogP contribution is 2.36. The van der Waals surface area contributed by atoms with E-state index in [4.69, 9.17) is 16.2 Å². The SMILES string of the molecule is CCCC(CCC)C(N)[C@@H]1[C@H](O)[C@@H](C(=O)OC)C[C@H]1N. The monoisotopic (exact) mass is 286 g/mol. The van der Waals surface area contributed by atoms with Gasteiger partial charge in [0.2, 0.25) is 0 Å². The number of ether oxygens (including phenoxy) is 1. The number of carbonyl (C=O) groups is 1. The molecule has 1 saturated carbocycles. The number of hydrogen-bond donors (Lipinski definition) is 3. The minimum atomic E-state index is -0.788. The first-order valence-corrected chi connectivity index (χ1v) is 7.74. The highest BCUT2D eigenvalue weighted by atomic mass is 16.5. The molecule has 1 aliphatic carbocycles. The lowest BCUT2D eigenvalue weighted by Gasteiger charge is -2.33. The molecule has 0 aromatic carbocycles. The van der Waals surface area contributed by atoms with Crippen LogP contribution in [-0.4, -0.2) is 36.4 Å². The molecule has 1 fully saturated rings. The first kappa shape index (κ1) is 17.4. The van der Waals surface area contributed by atoms with Gasteiger partial charge in [0.15, 0.2) is 0 Å². The number of aliphatic hydroxyl groups excluding tert-OH is 1. The van der Waals surface area contributed by atoms with Crippen molar-refractivity contribution in [3.8, 4) is 0 Å². The van der Waals surface area contributed by atoms with Crippen molar-refractivity contribution in [3.05, 3.63) is 0 Å². The molecule has 5 heteroatoms. The molecule has 0 aliphatic heterocycles. The molecule has 0 radical (unpaired) electrons. The molecule has 0 amide bonds. The highest BCUT2D eigenvalue weighted by molar-refractivity contribution is 5.73. The molecule has 0 heterocycles. The Labute approximate surface area is 122 Å². The van der Waals surface area contributed by atoms with Gasteiger partial charge in [-0.1, -0.05) is 26.7 Å². The normalized spacial score (nSPS) is 31.6. The van der Waals surface area contributed by atoms with Gasteiger partial charge in [0.05, 0.1) is 19.1 Å². The predicted molar refractivity (Wildman–Crippen MR) is 78.9 cm³/mol. The summed E-state index contributed by atoms with van der Waals surface area (Å²) in [5.41, 5.74) is 12.5. The van der Waals surface area contributed by atoms with Gasteiger partial charge < -0.3 is 21.3 Å². The van der Waals surface area contributed by atoms with Crippen LogP contribution in [0, 0.1) is 17.8 Å². The zero-order valence-corrected chi connectivity index (χ0v) is 12.9. The van der Waals surface area contributed by atoms with E-state index in [-0.39, 0.29) is 24.0 Å². The maximum Gasteiger partial charge on any atom is 0.311 e. The topological polar surface area (TPSA) is 98.6 Å². The number of hydrogen-bond acceptors (Lipinski definition) is 5. The van der Waals surface area contributed by atoms with Crippen molar-refractivity contribution in [2.75, 3.05) is 7.11 Å². The minimum Gasteiger partial charge on any atom is -0.469 e. The molecule has 1 unspecified atom stereocenters. The summed E-state index contributed by atoms with van der Waals surface area (Å²) in [6.45, 7) is 4.27. The van der Waals surface area contributed by atoms with E-state index in [0.717, 1.165) is 25.7 Å². The van der Waals surface area contributed by atoms with Crippen molar-refractivity contribution in [1.82, 2.24) is 0 Å². The smallest absolute Gasteiger partial charge is 0.311 e. The minimum absolute atomic E-state index is 0.158. The molecule has 0 saturated heterocycles. The van der Waals surface area contributed by atoms with E-state index < -0.39 is 12.0 Å². The molecule has 0 aromatic heterocycles. The van der Waals surface area contributed by atoms with Gasteiger partial charge in [0, 0.05) is 18.0 Å². The van der Waals surface area contributed by atoms with Crippen molar-refractivity contribution in [2.24, 2.45) is 29.2 Å². The van der Waals surface area contributed by atoms with Crippen LogP contribution in [0.4, 0.5) is 0 Å². The standard InChI is InChI=1S/C15H30N2O3/c1-4-6-9(7-5-2)13(17)12-11(16)8-10(14(12)18)15(19)20-3/h9-14,18H,4-8,16-17H2,1-3H3/t10-,11+,12+,13?,14+/m0/s1. The Kier molecular flexibility index (Phi) is 6.92. The summed E-state index contributed by atoms with van der Waals surface area (Å²) in [6, 6.07) is -0.394. The second kappa shape index (κ2) is 7.96. The summed E-state index contributed by atoms with van der Waals surface area (Å²) < 4.78 is 4.74. The maximum absolute atomic E-state index is 11.7. The molecule has 5 atom stereocenters. The van der Waals surface area contributed by atoms with Gasteiger partial charge in [-0.25, -0.2) is 0 Å². The molecular weight excluding hydrogens is 256 g/mol. The predicted octanol–water partition coefficient (Wildman–Crippen LogP) is 1.03. The third kappa shape index (κ3) is 3.71. The summed E-state index contributed by atoms with van der Waals surface area (Å²) in [4.78, 5) is 11.7. The van der Waals surface area contributed by atoms with E-state index in [0.29, 0.717) is 12.3 Å². The third-order valence-electron chi connectivity index (χ3n) is 4.64. The highest BCUT2D eigenvalue weighted by Gasteiger charge is 2.48. The Bertz CT molecular complexity index is 305. The van der Waals surface area contributed by atoms with Crippen LogP contribution < -0.4 is 11.5 Å². The van der Waals surface area contributed by atoms with Crippen molar-refractivity contribution in [2.45, 2.75) is 64.1 Å². The zero-order valence-electron chi connectivity index (χ0n) is 12.9. The van der Waals surface area contributed by atoms with Gasteiger partial charge in [-0.15, -0.1) is 0 Å². The lowest BCUT2D eigenvalue weighted by molar-refractivity contribution is -0.149. The quantitative estimate of drug-likeness (QED) is 0.607. The van der Waals surface area contributed by atoms with E-state index in [1.807, 2.05) is 0 Å². The molecular formula is C15H30N2O3. The number of methoxy groups -OCH3 is 1. The van der Waals surface area contributed by atoms with Crippen LogP contribution in [0.15, 0.2) is 0 Å². The number of esters is 1. The van der Waals surface area contributed by atoms with Crippen molar-refractivity contribution >= 4 is 5.97 Å². The zero-order chi connectivity index (χ0) is 15.3. The van der Waals surface area contributed by atoms with Gasteiger partial charge in [0.1, 0.15) is 0 Å². The Morgan fingerprint density at radius 3 is 2.35 bits per heavy atom. The van der Waals surface area contributed by atoms with E-state index in [2.05, 4.69) is 13.8 Å². The molecule has 5 nitrogen and oxygen atoms in total. The molecule has 118 valence electrons. The van der Waals surface area contributed by atoms with Crippen LogP contribution in [0.1, 0.15) is 46.0 Å². The van der Waals surface area contributed by atoms with Crippen LogP contribution in [0.5, 0.6) is 0 Å². The Balaban J connectivity index is 2.80. The first-order chi connectivity index (χ1) is 9.47. The van der Waals surface area contributed by atoms with Crippen LogP contribution in [0.3, 0.4) is 0 Å². The number of carbonyl (C=O) groups excluding carboxylic acids is 1. The number of nitrogens with two attached hydrogens (primary N) is 2. The largest absolute Gasteiger partial charge is 0.469 e. The Morgan fingerprint density at radius 2 is 1.90 bits per heavy atom. The first-order valence-electron chi connectivity index (χ1n) is 7.74. The average Bonchev–Trinajstić information content (AvgIpc) is 2.72. The second-order valence-corrected chi connectivity index (χ2v) is 6.01. The molecule has 1 rings (SSSR count). The van der Waals surface area contributed by atoms with E-state index in [1.54, 1.807) is 0 Å². The van der Waals surface area contributed by atoms with Gasteiger partial charge in [-0.05, 0) is 25.2 Å². The van der Waals surface area contributed by atoms with E-state index in [1.165, 1.54) is 7.11 Å². The average molecular weight is 286 g/mol. The Hall–Kier alpha value is -0.650. The van der Waals surface area contributed by atoms with Crippen molar-refractivity contribution < 1.29 is 14.6 Å². The van der Waals surface area contributed by atoms with Crippen molar-refractivity contribution in [1.29, 1.82) is 0 Å². The van der Waals surface area contributed by atoms with Crippen LogP contribution in [0.25, 0.3) is 0 Å².